The highest BCUT2D eigenvalue weighted by Crippen LogP contribution is 2.25. The molecule has 2 fully saturated rings. The number of aromatic nitrogens is 8. The Hall–Kier alpha value is -6.76. The summed E-state index contributed by atoms with van der Waals surface area (Å²) >= 11 is 0. The van der Waals surface area contributed by atoms with Gasteiger partial charge in [-0.3, -0.25) is 37.4 Å². The number of fused-ring (bicyclic) bond motifs is 2. The van der Waals surface area contributed by atoms with E-state index in [2.05, 4.69) is 42.5 Å². The number of aryl methyl sites for hydroxylation is 2. The summed E-state index contributed by atoms with van der Waals surface area (Å²) in [6.45, 7) is 9.51. The van der Waals surface area contributed by atoms with Crippen LogP contribution in [0.2, 0.25) is 0 Å². The summed E-state index contributed by atoms with van der Waals surface area (Å²) in [5.41, 5.74) is 2.52. The number of aromatic amines is 1. The normalized spacial score (nSPS) is 14.7. The molecule has 0 radical (unpaired) electrons. The maximum Gasteiger partial charge on any atom is 0.332 e. The second-order valence-corrected chi connectivity index (χ2v) is 14.7. The van der Waals surface area contributed by atoms with Crippen molar-refractivity contribution in [2.45, 2.75) is 45.8 Å². The molecule has 2 saturated heterocycles. The Bertz CT molecular complexity index is 2810. The van der Waals surface area contributed by atoms with Gasteiger partial charge in [0, 0.05) is 59.9 Å². The summed E-state index contributed by atoms with van der Waals surface area (Å²) in [7, 11) is 3.25. The van der Waals surface area contributed by atoms with Crippen LogP contribution in [-0.2, 0) is 33.7 Å². The first-order chi connectivity index (χ1) is 28.7. The first-order valence-electron chi connectivity index (χ1n) is 19.9. The van der Waals surface area contributed by atoms with Gasteiger partial charge < -0.3 is 20.4 Å². The van der Waals surface area contributed by atoms with Gasteiger partial charge in [-0.25, -0.2) is 9.59 Å². The molecule has 0 spiro atoms. The zero-order valence-electron chi connectivity index (χ0n) is 33.6. The third-order valence-corrected chi connectivity index (χ3v) is 10.8. The number of rotatable bonds is 8. The highest BCUT2D eigenvalue weighted by Gasteiger charge is 2.26. The van der Waals surface area contributed by atoms with Crippen LogP contribution < -0.4 is 42.9 Å². The number of hydrogen-bond donors (Lipinski definition) is 3. The minimum absolute atomic E-state index is 0.320. The van der Waals surface area contributed by atoms with Gasteiger partial charge in [0.15, 0.2) is 22.3 Å². The molecule has 18 nitrogen and oxygen atoms in total. The Labute approximate surface area is 339 Å². The molecule has 306 valence electrons. The van der Waals surface area contributed by atoms with Crippen LogP contribution in [0.1, 0.15) is 48.4 Å². The summed E-state index contributed by atoms with van der Waals surface area (Å²) in [5, 5.41) is 25.7. The van der Waals surface area contributed by atoms with Crippen molar-refractivity contribution in [3.63, 3.8) is 0 Å². The summed E-state index contributed by atoms with van der Waals surface area (Å²) in [5.74, 6) is 1.30. The number of nitrogens with zero attached hydrogens (tertiary/aromatic N) is 11. The van der Waals surface area contributed by atoms with Crippen molar-refractivity contribution in [2.24, 2.45) is 14.1 Å². The van der Waals surface area contributed by atoms with Crippen LogP contribution in [0, 0.1) is 22.7 Å². The van der Waals surface area contributed by atoms with E-state index in [-0.39, 0.29) is 11.2 Å². The van der Waals surface area contributed by atoms with E-state index in [0.717, 1.165) is 76.3 Å². The zero-order valence-corrected chi connectivity index (χ0v) is 33.6. The van der Waals surface area contributed by atoms with E-state index in [1.807, 2.05) is 52.5 Å². The van der Waals surface area contributed by atoms with Gasteiger partial charge in [-0.1, -0.05) is 43.3 Å². The van der Waals surface area contributed by atoms with E-state index >= 15 is 0 Å². The Balaban J connectivity index is 0.000000180. The fourth-order valence-corrected chi connectivity index (χ4v) is 7.75. The molecule has 8 rings (SSSR count). The molecule has 0 bridgehead atoms. The van der Waals surface area contributed by atoms with Crippen molar-refractivity contribution in [3.8, 4) is 12.1 Å². The highest BCUT2D eigenvalue weighted by atomic mass is 16.2. The molecule has 59 heavy (non-hydrogen) atoms. The van der Waals surface area contributed by atoms with Crippen molar-refractivity contribution in [2.75, 3.05) is 62.2 Å². The number of H-pyrrole nitrogens is 1. The average Bonchev–Trinajstić information content (AvgIpc) is 3.51. The Kier molecular flexibility index (Phi) is 12.2. The predicted octanol–water partition coefficient (Wildman–Crippen LogP) is 1.17. The molecule has 0 unspecified atom stereocenters. The molecule has 0 atom stereocenters. The van der Waals surface area contributed by atoms with E-state index < -0.39 is 11.2 Å². The molecular weight excluding hydrogens is 753 g/mol. The van der Waals surface area contributed by atoms with Gasteiger partial charge in [-0.2, -0.15) is 20.5 Å². The van der Waals surface area contributed by atoms with Gasteiger partial charge >= 0.3 is 11.4 Å². The lowest BCUT2D eigenvalue weighted by Crippen LogP contribution is -2.39. The van der Waals surface area contributed by atoms with Crippen LogP contribution >= 0.6 is 0 Å². The molecule has 18 heteroatoms. The number of nitriles is 2. The molecule has 2 aliphatic heterocycles. The third-order valence-electron chi connectivity index (χ3n) is 10.8. The summed E-state index contributed by atoms with van der Waals surface area (Å²) < 4.78 is 7.78. The van der Waals surface area contributed by atoms with Gasteiger partial charge in [0.25, 0.3) is 11.1 Å². The molecule has 2 aliphatic rings. The predicted molar refractivity (Wildman–Crippen MR) is 225 cm³/mol. The SMILES string of the molecule is CCCn1c(=O)c2c(nc(N3CCCNCC3)n2Cc2ccccc2C#N)n(C)c1=O.Cn1c(=O)[nH]c(=O)c2c1nc(N1CCCNCC1)n2Cc1ccccc1C#N. The van der Waals surface area contributed by atoms with Crippen molar-refractivity contribution in [1.82, 2.24) is 48.4 Å². The molecule has 0 amide bonds. The molecule has 4 aromatic heterocycles. The number of nitrogens with one attached hydrogen (secondary N) is 3. The van der Waals surface area contributed by atoms with Gasteiger partial charge in [-0.15, -0.1) is 0 Å². The lowest BCUT2D eigenvalue weighted by molar-refractivity contribution is 0.590. The molecule has 2 aromatic carbocycles. The molecule has 0 saturated carbocycles. The van der Waals surface area contributed by atoms with Crippen molar-refractivity contribution in [1.29, 1.82) is 10.5 Å². The number of imidazole rings is 2. The van der Waals surface area contributed by atoms with E-state index in [0.29, 0.717) is 71.4 Å². The number of benzene rings is 2. The number of hydrogen-bond acceptors (Lipinski definition) is 12. The Morgan fingerprint density at radius 3 is 1.69 bits per heavy atom. The molecule has 0 aliphatic carbocycles. The minimum atomic E-state index is -0.497. The van der Waals surface area contributed by atoms with E-state index in [1.165, 1.54) is 13.7 Å². The second-order valence-electron chi connectivity index (χ2n) is 14.7. The maximum atomic E-state index is 13.4. The lowest BCUT2D eigenvalue weighted by Gasteiger charge is -2.22. The summed E-state index contributed by atoms with van der Waals surface area (Å²) in [6, 6.07) is 19.1. The van der Waals surface area contributed by atoms with Crippen LogP contribution in [0.4, 0.5) is 11.9 Å². The molecule has 6 aromatic rings. The van der Waals surface area contributed by atoms with E-state index in [1.54, 1.807) is 26.2 Å². The first kappa shape index (κ1) is 40.4. The van der Waals surface area contributed by atoms with Crippen LogP contribution in [-0.4, -0.2) is 90.1 Å². The Morgan fingerprint density at radius 1 is 0.661 bits per heavy atom. The van der Waals surface area contributed by atoms with Gasteiger partial charge in [0.05, 0.1) is 36.4 Å². The number of anilines is 2. The summed E-state index contributed by atoms with van der Waals surface area (Å²) in [4.78, 5) is 67.0. The van der Waals surface area contributed by atoms with Crippen LogP contribution in [0.5, 0.6) is 0 Å². The van der Waals surface area contributed by atoms with Crippen molar-refractivity contribution < 1.29 is 0 Å². The molecule has 3 N–H and O–H groups in total. The molecular formula is C41H48N14O4. The topological polar surface area (TPSA) is 213 Å². The fourth-order valence-electron chi connectivity index (χ4n) is 7.75. The largest absolute Gasteiger partial charge is 0.341 e. The standard InChI is InChI=1S/C22H27N7O2.C19H21N7O2/c1-3-11-28-20(30)18-19(26(2)22(28)31)25-21(27-12-6-9-24-10-13-27)29(18)15-17-8-5-4-7-16(17)14-23;1-24-16-15(17(27)23-19(24)28)26(12-14-6-3-2-5-13(14)11-20)18(22-16)25-9-4-7-21-8-10-25/h4-5,7-8,24H,3,6,9-13,15H2,1-2H3;2-3,5-6,21H,4,7-10,12H2,1H3,(H,23,27,28). The average molecular weight is 801 g/mol. The van der Waals surface area contributed by atoms with E-state index in [4.69, 9.17) is 4.98 Å². The first-order valence-corrected chi connectivity index (χ1v) is 19.9. The fraction of sp³-hybridized carbons (Fsp3) is 0.415. The van der Waals surface area contributed by atoms with Crippen LogP contribution in [0.25, 0.3) is 22.3 Å². The quantitative estimate of drug-likeness (QED) is 0.198. The monoisotopic (exact) mass is 800 g/mol. The summed E-state index contributed by atoms with van der Waals surface area (Å²) in [6.07, 6.45) is 2.58. The van der Waals surface area contributed by atoms with Crippen LogP contribution in [0.15, 0.2) is 67.7 Å². The van der Waals surface area contributed by atoms with Gasteiger partial charge in [0.1, 0.15) is 0 Å². The zero-order chi connectivity index (χ0) is 41.6. The second kappa shape index (κ2) is 17.8. The van der Waals surface area contributed by atoms with E-state index in [9.17, 15) is 29.7 Å². The maximum absolute atomic E-state index is 13.4. The smallest absolute Gasteiger partial charge is 0.332 e. The van der Waals surface area contributed by atoms with Crippen LogP contribution in [0.3, 0.4) is 0 Å². The minimum Gasteiger partial charge on any atom is -0.341 e. The highest BCUT2D eigenvalue weighted by molar-refractivity contribution is 5.76. The Morgan fingerprint density at radius 2 is 1.17 bits per heavy atom. The molecule has 6 heterocycles. The van der Waals surface area contributed by atoms with Crippen molar-refractivity contribution >= 4 is 34.2 Å². The van der Waals surface area contributed by atoms with Crippen molar-refractivity contribution in [3.05, 3.63) is 112 Å². The van der Waals surface area contributed by atoms with Gasteiger partial charge in [0.2, 0.25) is 11.9 Å². The van der Waals surface area contributed by atoms with Gasteiger partial charge in [-0.05, 0) is 55.6 Å². The lowest BCUT2D eigenvalue weighted by atomic mass is 10.1. The third kappa shape index (κ3) is 8.05.